The molecule has 2 saturated carbocycles. The van der Waals surface area contributed by atoms with Gasteiger partial charge in [-0.15, -0.1) is 0 Å². The van der Waals surface area contributed by atoms with Gasteiger partial charge in [0.1, 0.15) is 0 Å². The fraction of sp³-hybridized carbons (Fsp3) is 1.00. The van der Waals surface area contributed by atoms with Crippen LogP contribution in [-0.2, 0) is 0 Å². The van der Waals surface area contributed by atoms with Gasteiger partial charge in [0.15, 0.2) is 0 Å². The number of hydrogen-bond donors (Lipinski definition) is 0. The molecule has 3 atom stereocenters. The zero-order valence-electron chi connectivity index (χ0n) is 19.0. The minimum absolute atomic E-state index is 1.13. The largest absolute Gasteiger partial charge is 0.0654 e. The lowest BCUT2D eigenvalue weighted by Crippen LogP contribution is -2.19. The molecule has 0 amide bonds. The van der Waals surface area contributed by atoms with Crippen LogP contribution < -0.4 is 0 Å². The van der Waals surface area contributed by atoms with Gasteiger partial charge in [-0.1, -0.05) is 135 Å². The summed E-state index contributed by atoms with van der Waals surface area (Å²) in [5.41, 5.74) is 0. The van der Waals surface area contributed by atoms with Crippen LogP contribution in [0.1, 0.15) is 155 Å². The smallest absolute Gasteiger partial charge is 0.0357 e. The molecule has 27 heavy (non-hydrogen) atoms. The Morgan fingerprint density at radius 1 is 0.481 bits per heavy atom. The Kier molecular flexibility index (Phi) is 13.7. The van der Waals surface area contributed by atoms with Crippen molar-refractivity contribution in [1.82, 2.24) is 0 Å². The number of rotatable bonds is 17. The SMILES string of the molecule is CCCCCCCCCCCCCCCCCCC1CCC2CCCCC12. The standard InChI is InChI=1S/C27H52/c1-2-3-4-5-6-7-8-9-10-11-12-13-14-15-16-17-20-25-23-24-26-21-18-19-22-27(25)26/h25-27H,2-24H2,1H3. The number of hydrogen-bond acceptors (Lipinski definition) is 0. The van der Waals surface area contributed by atoms with Crippen molar-refractivity contribution >= 4 is 0 Å². The minimum Gasteiger partial charge on any atom is -0.0654 e. The molecule has 160 valence electrons. The van der Waals surface area contributed by atoms with Crippen LogP contribution in [0.25, 0.3) is 0 Å². The minimum atomic E-state index is 1.13. The molecule has 3 unspecified atom stereocenters. The summed E-state index contributed by atoms with van der Waals surface area (Å²) in [6.07, 6.45) is 34.8. The summed E-state index contributed by atoms with van der Waals surface area (Å²) < 4.78 is 0. The van der Waals surface area contributed by atoms with Crippen molar-refractivity contribution in [3.8, 4) is 0 Å². The highest BCUT2D eigenvalue weighted by Gasteiger charge is 2.36. The molecule has 0 bridgehead atoms. The summed E-state index contributed by atoms with van der Waals surface area (Å²) in [7, 11) is 0. The van der Waals surface area contributed by atoms with Crippen LogP contribution in [-0.4, -0.2) is 0 Å². The van der Waals surface area contributed by atoms with Gasteiger partial charge in [-0.05, 0) is 37.0 Å². The van der Waals surface area contributed by atoms with E-state index in [4.69, 9.17) is 0 Å². The number of unbranched alkanes of at least 4 members (excludes halogenated alkanes) is 15. The van der Waals surface area contributed by atoms with Crippen molar-refractivity contribution in [3.05, 3.63) is 0 Å². The van der Waals surface area contributed by atoms with Crippen LogP contribution in [0.4, 0.5) is 0 Å². The van der Waals surface area contributed by atoms with Crippen molar-refractivity contribution in [1.29, 1.82) is 0 Å². The highest BCUT2D eigenvalue weighted by atomic mass is 14.4. The van der Waals surface area contributed by atoms with Gasteiger partial charge in [0, 0.05) is 0 Å². The third-order valence-electron chi connectivity index (χ3n) is 7.91. The quantitative estimate of drug-likeness (QED) is 0.221. The van der Waals surface area contributed by atoms with E-state index >= 15 is 0 Å². The molecule has 2 aliphatic carbocycles. The topological polar surface area (TPSA) is 0 Å². The Balaban J connectivity index is 1.27. The molecule has 0 aromatic rings. The van der Waals surface area contributed by atoms with Gasteiger partial charge in [-0.25, -0.2) is 0 Å². The second kappa shape index (κ2) is 15.9. The Bertz CT molecular complexity index is 320. The third kappa shape index (κ3) is 10.4. The van der Waals surface area contributed by atoms with Gasteiger partial charge < -0.3 is 0 Å². The summed E-state index contributed by atoms with van der Waals surface area (Å²) in [5, 5.41) is 0. The lowest BCUT2D eigenvalue weighted by atomic mass is 9.77. The van der Waals surface area contributed by atoms with Crippen LogP contribution in [0.3, 0.4) is 0 Å². The van der Waals surface area contributed by atoms with E-state index in [2.05, 4.69) is 6.92 Å². The van der Waals surface area contributed by atoms with Crippen molar-refractivity contribution in [2.24, 2.45) is 17.8 Å². The van der Waals surface area contributed by atoms with Crippen molar-refractivity contribution in [2.75, 3.05) is 0 Å². The lowest BCUT2D eigenvalue weighted by molar-refractivity contribution is 0.218. The maximum absolute atomic E-state index is 2.31. The second-order valence-corrected chi connectivity index (χ2v) is 10.1. The zero-order valence-corrected chi connectivity index (χ0v) is 19.0. The lowest BCUT2D eigenvalue weighted by Gasteiger charge is -2.29. The van der Waals surface area contributed by atoms with Gasteiger partial charge in [0.05, 0.1) is 0 Å². The van der Waals surface area contributed by atoms with Crippen molar-refractivity contribution in [3.63, 3.8) is 0 Å². The first-order valence-corrected chi connectivity index (χ1v) is 13.4. The van der Waals surface area contributed by atoms with Gasteiger partial charge in [0.25, 0.3) is 0 Å². The van der Waals surface area contributed by atoms with E-state index in [1.54, 1.807) is 32.1 Å². The van der Waals surface area contributed by atoms with E-state index in [1.807, 2.05) is 0 Å². The highest BCUT2D eigenvalue weighted by molar-refractivity contribution is 4.87. The second-order valence-electron chi connectivity index (χ2n) is 10.1. The van der Waals surface area contributed by atoms with Gasteiger partial charge in [-0.2, -0.15) is 0 Å². The van der Waals surface area contributed by atoms with Crippen LogP contribution in [0.15, 0.2) is 0 Å². The number of fused-ring (bicyclic) bond motifs is 1. The van der Waals surface area contributed by atoms with Crippen LogP contribution in [0.5, 0.6) is 0 Å². The predicted octanol–water partition coefficient (Wildman–Crippen LogP) is 9.85. The molecule has 0 heterocycles. The molecule has 0 radical (unpaired) electrons. The summed E-state index contributed by atoms with van der Waals surface area (Å²) in [4.78, 5) is 0. The molecule has 0 nitrogen and oxygen atoms in total. The maximum atomic E-state index is 2.31. The van der Waals surface area contributed by atoms with Gasteiger partial charge in [0.2, 0.25) is 0 Å². The Morgan fingerprint density at radius 2 is 0.963 bits per heavy atom. The summed E-state index contributed by atoms with van der Waals surface area (Å²) in [6, 6.07) is 0. The highest BCUT2D eigenvalue weighted by Crippen LogP contribution is 2.47. The van der Waals surface area contributed by atoms with Crippen molar-refractivity contribution in [2.45, 2.75) is 155 Å². The first-order chi connectivity index (χ1) is 13.4. The van der Waals surface area contributed by atoms with Crippen LogP contribution in [0.2, 0.25) is 0 Å². The molecule has 2 rings (SSSR count). The molecule has 0 aromatic carbocycles. The van der Waals surface area contributed by atoms with E-state index in [-0.39, 0.29) is 0 Å². The van der Waals surface area contributed by atoms with Crippen LogP contribution in [0, 0.1) is 17.8 Å². The molecule has 0 N–H and O–H groups in total. The summed E-state index contributed by atoms with van der Waals surface area (Å²) in [6.45, 7) is 2.31. The first kappa shape index (κ1) is 23.3. The maximum Gasteiger partial charge on any atom is -0.0357 e. The van der Waals surface area contributed by atoms with E-state index in [9.17, 15) is 0 Å². The van der Waals surface area contributed by atoms with Crippen LogP contribution >= 0.6 is 0 Å². The molecule has 2 fully saturated rings. The average Bonchev–Trinajstić information content (AvgIpc) is 3.11. The molecular weight excluding hydrogens is 324 g/mol. The molecule has 0 aromatic heterocycles. The fourth-order valence-corrected chi connectivity index (χ4v) is 6.17. The average molecular weight is 377 g/mol. The van der Waals surface area contributed by atoms with Crippen molar-refractivity contribution < 1.29 is 0 Å². The third-order valence-corrected chi connectivity index (χ3v) is 7.91. The van der Waals surface area contributed by atoms with Gasteiger partial charge >= 0.3 is 0 Å². The molecular formula is C27H52. The van der Waals surface area contributed by atoms with E-state index < -0.39 is 0 Å². The van der Waals surface area contributed by atoms with E-state index in [1.165, 1.54) is 116 Å². The first-order valence-electron chi connectivity index (χ1n) is 13.4. The van der Waals surface area contributed by atoms with E-state index in [0.29, 0.717) is 0 Å². The monoisotopic (exact) mass is 376 g/mol. The van der Waals surface area contributed by atoms with Gasteiger partial charge in [-0.3, -0.25) is 0 Å². The fourth-order valence-electron chi connectivity index (χ4n) is 6.17. The molecule has 0 saturated heterocycles. The molecule has 0 aliphatic heterocycles. The summed E-state index contributed by atoms with van der Waals surface area (Å²) >= 11 is 0. The molecule has 0 spiro atoms. The zero-order chi connectivity index (χ0) is 19.0. The Hall–Kier alpha value is 0. The Labute approximate surface area is 172 Å². The summed E-state index contributed by atoms with van der Waals surface area (Å²) in [5.74, 6) is 3.42. The molecule has 0 heteroatoms. The Morgan fingerprint density at radius 3 is 1.52 bits per heavy atom. The molecule has 2 aliphatic rings. The predicted molar refractivity (Wildman–Crippen MR) is 122 cm³/mol. The van der Waals surface area contributed by atoms with E-state index in [0.717, 1.165) is 17.8 Å². The normalized spacial score (nSPS) is 25.0.